The highest BCUT2D eigenvalue weighted by Gasteiger charge is 2.20. The van der Waals surface area contributed by atoms with Crippen LogP contribution in [0.3, 0.4) is 0 Å². The Bertz CT molecular complexity index is 1550. The quantitative estimate of drug-likeness (QED) is 0.247. The van der Waals surface area contributed by atoms with Crippen LogP contribution in [0.25, 0.3) is 27.6 Å². The van der Waals surface area contributed by atoms with E-state index in [0.717, 1.165) is 76.3 Å². The molecule has 174 valence electrons. The van der Waals surface area contributed by atoms with Crippen LogP contribution in [0.4, 0.5) is 11.5 Å². The molecule has 1 fully saturated rings. The van der Waals surface area contributed by atoms with E-state index >= 15 is 0 Å². The molecule has 1 aliphatic rings. The summed E-state index contributed by atoms with van der Waals surface area (Å²) in [5.41, 5.74) is 8.63. The van der Waals surface area contributed by atoms with E-state index in [1.807, 2.05) is 60.3 Å². The SMILES string of the molecule is Cc1nn(-c2ccccc2)c2nc(N3CCCC3)c(/C=N\Nc3ccnc4cc(Cl)ccc34)cc12. The molecule has 0 radical (unpaired) electrons. The number of halogens is 1. The predicted molar refractivity (Wildman–Crippen MR) is 143 cm³/mol. The molecular weight excluding hydrogens is 458 g/mol. The summed E-state index contributed by atoms with van der Waals surface area (Å²) in [6.45, 7) is 3.99. The summed E-state index contributed by atoms with van der Waals surface area (Å²) in [6.07, 6.45) is 5.93. The van der Waals surface area contributed by atoms with E-state index in [2.05, 4.69) is 38.6 Å². The van der Waals surface area contributed by atoms with Crippen LogP contribution in [0, 0.1) is 6.92 Å². The standard InChI is InChI=1S/C27H24ClN7/c1-18-23-15-19(17-30-32-24-11-12-29-25-16-20(28)9-10-22(24)25)26(34-13-5-6-14-34)31-27(23)35(33-18)21-7-3-2-4-8-21/h2-4,7-12,15-17H,5-6,13-14H2,1H3,(H,29,32)/b30-17-. The Labute approximate surface area is 208 Å². The number of hydrogen-bond donors (Lipinski definition) is 1. The maximum Gasteiger partial charge on any atom is 0.165 e. The third-order valence-corrected chi connectivity index (χ3v) is 6.59. The second-order valence-corrected chi connectivity index (χ2v) is 9.13. The van der Waals surface area contributed by atoms with Crippen LogP contribution in [0.1, 0.15) is 24.1 Å². The monoisotopic (exact) mass is 481 g/mol. The third kappa shape index (κ3) is 4.08. The molecule has 1 aliphatic heterocycles. The lowest BCUT2D eigenvalue weighted by Crippen LogP contribution is -2.21. The maximum atomic E-state index is 6.13. The van der Waals surface area contributed by atoms with Crippen molar-refractivity contribution < 1.29 is 0 Å². The van der Waals surface area contributed by atoms with Gasteiger partial charge < -0.3 is 4.90 Å². The molecule has 2 aromatic carbocycles. The van der Waals surface area contributed by atoms with E-state index < -0.39 is 0 Å². The third-order valence-electron chi connectivity index (χ3n) is 6.35. The summed E-state index contributed by atoms with van der Waals surface area (Å²) >= 11 is 6.13. The summed E-state index contributed by atoms with van der Waals surface area (Å²) in [5.74, 6) is 0.934. The molecule has 0 amide bonds. The molecule has 1 saturated heterocycles. The van der Waals surface area contributed by atoms with E-state index in [9.17, 15) is 0 Å². The molecule has 0 atom stereocenters. The number of aryl methyl sites for hydroxylation is 1. The Morgan fingerprint density at radius 1 is 1.00 bits per heavy atom. The van der Waals surface area contributed by atoms with Gasteiger partial charge in [-0.3, -0.25) is 10.4 Å². The van der Waals surface area contributed by atoms with Crippen molar-refractivity contribution in [1.29, 1.82) is 0 Å². The van der Waals surface area contributed by atoms with E-state index in [4.69, 9.17) is 21.7 Å². The zero-order valence-electron chi connectivity index (χ0n) is 19.3. The molecule has 0 unspecified atom stereocenters. The first kappa shape index (κ1) is 21.6. The molecule has 0 aliphatic carbocycles. The Kier molecular flexibility index (Phi) is 5.54. The van der Waals surface area contributed by atoms with E-state index in [1.54, 1.807) is 6.20 Å². The normalized spacial score (nSPS) is 13.9. The first-order valence-electron chi connectivity index (χ1n) is 11.7. The van der Waals surface area contributed by atoms with Gasteiger partial charge in [0, 0.05) is 40.6 Å². The van der Waals surface area contributed by atoms with Crippen molar-refractivity contribution in [2.75, 3.05) is 23.4 Å². The van der Waals surface area contributed by atoms with Crippen molar-refractivity contribution in [1.82, 2.24) is 19.7 Å². The van der Waals surface area contributed by atoms with Gasteiger partial charge >= 0.3 is 0 Å². The molecule has 0 saturated carbocycles. The Morgan fingerprint density at radius 3 is 2.66 bits per heavy atom. The fourth-order valence-corrected chi connectivity index (χ4v) is 4.77. The number of hydrogen-bond acceptors (Lipinski definition) is 6. The zero-order chi connectivity index (χ0) is 23.8. The van der Waals surface area contributed by atoms with Crippen molar-refractivity contribution in [2.24, 2.45) is 5.10 Å². The van der Waals surface area contributed by atoms with Gasteiger partial charge in [0.2, 0.25) is 0 Å². The zero-order valence-corrected chi connectivity index (χ0v) is 20.1. The minimum absolute atomic E-state index is 0.659. The van der Waals surface area contributed by atoms with Gasteiger partial charge in [0.15, 0.2) is 5.65 Å². The molecule has 7 nitrogen and oxygen atoms in total. The van der Waals surface area contributed by atoms with Crippen molar-refractivity contribution in [3.05, 3.63) is 83.1 Å². The number of nitrogens with one attached hydrogen (secondary N) is 1. The number of pyridine rings is 2. The first-order valence-corrected chi connectivity index (χ1v) is 12.1. The van der Waals surface area contributed by atoms with Gasteiger partial charge in [-0.25, -0.2) is 9.67 Å². The van der Waals surface area contributed by atoms with Gasteiger partial charge in [-0.15, -0.1) is 0 Å². The van der Waals surface area contributed by atoms with Crippen LogP contribution >= 0.6 is 11.6 Å². The topological polar surface area (TPSA) is 71.2 Å². The number of rotatable bonds is 5. The van der Waals surface area contributed by atoms with Crippen molar-refractivity contribution in [3.63, 3.8) is 0 Å². The lowest BCUT2D eigenvalue weighted by atomic mass is 10.2. The lowest BCUT2D eigenvalue weighted by Gasteiger charge is -2.19. The van der Waals surface area contributed by atoms with E-state index in [0.29, 0.717) is 5.02 Å². The van der Waals surface area contributed by atoms with Crippen molar-refractivity contribution in [3.8, 4) is 5.69 Å². The van der Waals surface area contributed by atoms with Gasteiger partial charge in [-0.05, 0) is 62.2 Å². The van der Waals surface area contributed by atoms with E-state index in [-0.39, 0.29) is 0 Å². The maximum absolute atomic E-state index is 6.13. The number of hydrazone groups is 1. The summed E-state index contributed by atoms with van der Waals surface area (Å²) in [7, 11) is 0. The molecule has 0 bridgehead atoms. The van der Waals surface area contributed by atoms with Gasteiger partial charge in [0.1, 0.15) is 5.82 Å². The van der Waals surface area contributed by atoms with Crippen LogP contribution in [-0.2, 0) is 0 Å². The summed E-state index contributed by atoms with van der Waals surface area (Å²) in [6, 6.07) is 19.9. The minimum atomic E-state index is 0.659. The highest BCUT2D eigenvalue weighted by molar-refractivity contribution is 6.31. The van der Waals surface area contributed by atoms with Crippen LogP contribution in [-0.4, -0.2) is 39.1 Å². The number of nitrogens with zero attached hydrogens (tertiary/aromatic N) is 6. The van der Waals surface area contributed by atoms with Gasteiger partial charge in [0.25, 0.3) is 0 Å². The molecule has 1 N–H and O–H groups in total. The lowest BCUT2D eigenvalue weighted by molar-refractivity contribution is 0.871. The number of anilines is 2. The number of benzene rings is 2. The molecular formula is C27H24ClN7. The Morgan fingerprint density at radius 2 is 1.83 bits per heavy atom. The largest absolute Gasteiger partial charge is 0.356 e. The molecule has 5 aromatic rings. The summed E-state index contributed by atoms with van der Waals surface area (Å²) < 4.78 is 1.93. The minimum Gasteiger partial charge on any atom is -0.356 e. The Hall–Kier alpha value is -3.97. The Balaban J connectivity index is 1.41. The summed E-state index contributed by atoms with van der Waals surface area (Å²) in [4.78, 5) is 11.9. The van der Waals surface area contributed by atoms with Gasteiger partial charge in [-0.1, -0.05) is 29.8 Å². The van der Waals surface area contributed by atoms with Crippen LogP contribution in [0.5, 0.6) is 0 Å². The molecule has 0 spiro atoms. The van der Waals surface area contributed by atoms with Crippen LogP contribution in [0.2, 0.25) is 5.02 Å². The second-order valence-electron chi connectivity index (χ2n) is 8.69. The smallest absolute Gasteiger partial charge is 0.165 e. The molecule has 8 heteroatoms. The average molecular weight is 482 g/mol. The number of aromatic nitrogens is 4. The highest BCUT2D eigenvalue weighted by atomic mass is 35.5. The van der Waals surface area contributed by atoms with E-state index in [1.165, 1.54) is 0 Å². The highest BCUT2D eigenvalue weighted by Crippen LogP contribution is 2.29. The molecule has 4 heterocycles. The van der Waals surface area contributed by atoms with Crippen molar-refractivity contribution in [2.45, 2.75) is 19.8 Å². The molecule has 6 rings (SSSR count). The van der Waals surface area contributed by atoms with Gasteiger partial charge in [-0.2, -0.15) is 10.2 Å². The first-order chi connectivity index (χ1) is 17.2. The molecule has 35 heavy (non-hydrogen) atoms. The van der Waals surface area contributed by atoms with Crippen LogP contribution < -0.4 is 10.3 Å². The van der Waals surface area contributed by atoms with Gasteiger partial charge in [0.05, 0.1) is 28.8 Å². The number of fused-ring (bicyclic) bond motifs is 2. The summed E-state index contributed by atoms with van der Waals surface area (Å²) in [5, 5.41) is 12.0. The fourth-order valence-electron chi connectivity index (χ4n) is 4.61. The fraction of sp³-hybridized carbons (Fsp3) is 0.185. The van der Waals surface area contributed by atoms with Crippen molar-refractivity contribution >= 4 is 51.3 Å². The predicted octanol–water partition coefficient (Wildman–Crippen LogP) is 5.98. The number of para-hydroxylation sites is 1. The van der Waals surface area contributed by atoms with Crippen LogP contribution in [0.15, 0.2) is 72.0 Å². The molecule has 3 aromatic heterocycles. The average Bonchev–Trinajstić information content (AvgIpc) is 3.52. The second kappa shape index (κ2) is 9.00.